The van der Waals surface area contributed by atoms with Gasteiger partial charge in [-0.25, -0.2) is 14.5 Å². The molecule has 220 valence electrons. The Morgan fingerprint density at radius 1 is 1.14 bits per heavy atom. The number of anilines is 1. The molecule has 43 heavy (non-hydrogen) atoms. The van der Waals surface area contributed by atoms with Gasteiger partial charge in [-0.1, -0.05) is 6.92 Å². The van der Waals surface area contributed by atoms with Crippen molar-refractivity contribution in [3.05, 3.63) is 64.4 Å². The maximum atomic E-state index is 14.2. The summed E-state index contributed by atoms with van der Waals surface area (Å²) in [5.41, 5.74) is 8.18. The minimum atomic E-state index is -0.576. The first kappa shape index (κ1) is 26.6. The van der Waals surface area contributed by atoms with E-state index < -0.39 is 5.91 Å². The van der Waals surface area contributed by atoms with Gasteiger partial charge in [0.25, 0.3) is 11.5 Å². The van der Waals surface area contributed by atoms with Gasteiger partial charge < -0.3 is 25.2 Å². The molecule has 2 amide bonds. The summed E-state index contributed by atoms with van der Waals surface area (Å²) >= 11 is 0. The lowest BCUT2D eigenvalue weighted by Gasteiger charge is -2.54. The topological polar surface area (TPSA) is 182 Å². The molecule has 1 aliphatic heterocycles. The Morgan fingerprint density at radius 2 is 1.95 bits per heavy atom. The fourth-order valence-electron chi connectivity index (χ4n) is 6.27. The molecular formula is C28H29N11O4. The summed E-state index contributed by atoms with van der Waals surface area (Å²) in [4.78, 5) is 56.3. The molecule has 6 heterocycles. The molecule has 15 nitrogen and oxygen atoms in total. The Morgan fingerprint density at radius 3 is 2.70 bits per heavy atom. The van der Waals surface area contributed by atoms with Crippen LogP contribution in [0.1, 0.15) is 41.6 Å². The number of primary amides is 1. The van der Waals surface area contributed by atoms with Gasteiger partial charge in [-0.3, -0.25) is 14.4 Å². The average Bonchev–Trinajstić information content (AvgIpc) is 3.63. The number of carbonyl (C=O) groups is 2. The Balaban J connectivity index is 1.31. The van der Waals surface area contributed by atoms with Gasteiger partial charge >= 0.3 is 0 Å². The van der Waals surface area contributed by atoms with Crippen LogP contribution in [0.25, 0.3) is 22.7 Å². The van der Waals surface area contributed by atoms with E-state index in [0.29, 0.717) is 48.0 Å². The molecule has 0 spiro atoms. The Bertz CT molecular complexity index is 1990. The van der Waals surface area contributed by atoms with E-state index in [1.165, 1.54) is 10.8 Å². The largest absolute Gasteiger partial charge is 0.504 e. The van der Waals surface area contributed by atoms with Crippen molar-refractivity contribution in [3.63, 3.8) is 0 Å². The summed E-state index contributed by atoms with van der Waals surface area (Å²) in [5, 5.41) is 19.3. The molecule has 5 aromatic rings. The molecule has 3 N–H and O–H groups in total. The number of aryl methyl sites for hydroxylation is 1. The number of hydrogen-bond acceptors (Lipinski definition) is 10. The van der Waals surface area contributed by atoms with Crippen molar-refractivity contribution in [2.24, 2.45) is 5.73 Å². The van der Waals surface area contributed by atoms with Crippen molar-refractivity contribution < 1.29 is 14.7 Å². The highest BCUT2D eigenvalue weighted by Crippen LogP contribution is 2.38. The number of pyridine rings is 1. The van der Waals surface area contributed by atoms with E-state index in [1.54, 1.807) is 33.3 Å². The second-order valence-electron chi connectivity index (χ2n) is 10.8. The molecule has 15 heteroatoms. The second kappa shape index (κ2) is 9.89. The third-order valence-electron chi connectivity index (χ3n) is 8.47. The molecular weight excluding hydrogens is 554 g/mol. The average molecular weight is 584 g/mol. The molecule has 1 aliphatic carbocycles. The summed E-state index contributed by atoms with van der Waals surface area (Å²) in [7, 11) is 0. The molecule has 0 aromatic carbocycles. The monoisotopic (exact) mass is 583 g/mol. The number of nitrogens with two attached hydrogens (primary N) is 1. The molecule has 0 unspecified atom stereocenters. The van der Waals surface area contributed by atoms with Crippen LogP contribution in [-0.4, -0.2) is 85.7 Å². The molecule has 2 fully saturated rings. The van der Waals surface area contributed by atoms with Crippen LogP contribution in [0.3, 0.4) is 0 Å². The van der Waals surface area contributed by atoms with Gasteiger partial charge in [0.05, 0.1) is 22.9 Å². The van der Waals surface area contributed by atoms with E-state index in [9.17, 15) is 19.5 Å². The maximum absolute atomic E-state index is 14.2. The van der Waals surface area contributed by atoms with E-state index in [2.05, 4.69) is 25.1 Å². The predicted octanol–water partition coefficient (Wildman–Crippen LogP) is 0.551. The summed E-state index contributed by atoms with van der Waals surface area (Å²) in [6.07, 6.45) is 6.67. The number of fused-ring (bicyclic) bond motifs is 3. The first-order valence-electron chi connectivity index (χ1n) is 14.1. The Labute approximate surface area is 244 Å². The fourth-order valence-corrected chi connectivity index (χ4v) is 6.27. The third kappa shape index (κ3) is 4.10. The maximum Gasteiger partial charge on any atom is 0.299 e. The molecule has 2 atom stereocenters. The van der Waals surface area contributed by atoms with E-state index >= 15 is 0 Å². The number of aromatic nitrogens is 8. The Kier molecular flexibility index (Phi) is 6.11. The normalized spacial score (nSPS) is 18.2. The summed E-state index contributed by atoms with van der Waals surface area (Å²) in [5.74, 6) is -0.622. The number of hydrogen-bond donors (Lipinski definition) is 2. The zero-order valence-electron chi connectivity index (χ0n) is 23.6. The van der Waals surface area contributed by atoms with Gasteiger partial charge in [-0.15, -0.1) is 5.10 Å². The Hall–Kier alpha value is -5.34. The summed E-state index contributed by atoms with van der Waals surface area (Å²) in [6, 6.07) is 5.21. The molecule has 5 aromatic heterocycles. The summed E-state index contributed by atoms with van der Waals surface area (Å²) < 4.78 is 4.62. The van der Waals surface area contributed by atoms with Gasteiger partial charge in [0.15, 0.2) is 17.3 Å². The number of aromatic hydroxyl groups is 1. The second-order valence-corrected chi connectivity index (χ2v) is 10.8. The van der Waals surface area contributed by atoms with Gasteiger partial charge in [-0.2, -0.15) is 14.6 Å². The van der Waals surface area contributed by atoms with Crippen LogP contribution in [0.2, 0.25) is 0 Å². The SMILES string of the molecule is CCc1c(N2CCN(C(=O)c3ncnc(C)c3O)[C@H]3CC[C@H]32)c(=O)n2nc(-c3ccn4nccc4c3)nc2n1CC(N)=O. The van der Waals surface area contributed by atoms with Crippen LogP contribution < -0.4 is 16.2 Å². The van der Waals surface area contributed by atoms with Crippen molar-refractivity contribution in [1.82, 2.24) is 43.6 Å². The van der Waals surface area contributed by atoms with Gasteiger partial charge in [0.1, 0.15) is 18.6 Å². The first-order valence-corrected chi connectivity index (χ1v) is 14.1. The number of carbonyl (C=O) groups excluding carboxylic acids is 2. The van der Waals surface area contributed by atoms with Crippen molar-refractivity contribution in [1.29, 1.82) is 0 Å². The van der Waals surface area contributed by atoms with Crippen LogP contribution in [0.4, 0.5) is 5.69 Å². The highest BCUT2D eigenvalue weighted by atomic mass is 16.3. The van der Waals surface area contributed by atoms with Gasteiger partial charge in [-0.05, 0) is 44.4 Å². The van der Waals surface area contributed by atoms with Crippen molar-refractivity contribution in [3.8, 4) is 17.1 Å². The zero-order chi connectivity index (χ0) is 30.0. The summed E-state index contributed by atoms with van der Waals surface area (Å²) in [6.45, 7) is 4.02. The van der Waals surface area contributed by atoms with Gasteiger partial charge in [0.2, 0.25) is 11.7 Å². The lowest BCUT2D eigenvalue weighted by atomic mass is 9.81. The third-order valence-corrected chi connectivity index (χ3v) is 8.47. The van der Waals surface area contributed by atoms with Crippen LogP contribution in [-0.2, 0) is 17.8 Å². The van der Waals surface area contributed by atoms with Crippen LogP contribution in [0.5, 0.6) is 5.75 Å². The smallest absolute Gasteiger partial charge is 0.299 e. The van der Waals surface area contributed by atoms with Crippen LogP contribution in [0.15, 0.2) is 41.7 Å². The lowest BCUT2D eigenvalue weighted by molar-refractivity contribution is -0.118. The standard InChI is InChI=1S/C28H29N11O4/c1-3-18-23(35-10-11-36(20-5-4-19(20)35)26(42)22-24(41)15(2)30-14-31-22)27(43)39-28(37(18)13-21(29)40)33-25(34-39)16-7-9-38-17(12-16)6-8-32-38/h6-9,12,14,19-20,41H,3-5,10-11,13H2,1-2H3,(H2,29,40)/t19-,20+/m1/s1. The molecule has 7 rings (SSSR count). The molecule has 1 saturated carbocycles. The van der Waals surface area contributed by atoms with E-state index in [1.807, 2.05) is 30.0 Å². The molecule has 0 bridgehead atoms. The highest BCUT2D eigenvalue weighted by Gasteiger charge is 2.47. The quantitative estimate of drug-likeness (QED) is 0.286. The number of amides is 2. The molecule has 2 aliphatic rings. The predicted molar refractivity (Wildman–Crippen MR) is 154 cm³/mol. The van der Waals surface area contributed by atoms with E-state index in [4.69, 9.17) is 5.73 Å². The fraction of sp³-hybridized carbons (Fsp3) is 0.357. The van der Waals surface area contributed by atoms with Crippen molar-refractivity contribution in [2.75, 3.05) is 18.0 Å². The van der Waals surface area contributed by atoms with Crippen molar-refractivity contribution >= 4 is 28.8 Å². The minimum absolute atomic E-state index is 0.0321. The van der Waals surface area contributed by atoms with Gasteiger partial charge in [0, 0.05) is 37.1 Å². The highest BCUT2D eigenvalue weighted by molar-refractivity contribution is 5.95. The van der Waals surface area contributed by atoms with Crippen molar-refractivity contribution in [2.45, 2.75) is 51.7 Å². The van der Waals surface area contributed by atoms with E-state index in [-0.39, 0.29) is 47.3 Å². The number of piperazine rings is 1. The van der Waals surface area contributed by atoms with E-state index in [0.717, 1.165) is 18.4 Å². The minimum Gasteiger partial charge on any atom is -0.504 e. The zero-order valence-corrected chi connectivity index (χ0v) is 23.6. The molecule has 1 saturated heterocycles. The first-order chi connectivity index (χ1) is 20.8. The van der Waals surface area contributed by atoms with Crippen LogP contribution >= 0.6 is 0 Å². The number of rotatable bonds is 6. The van der Waals surface area contributed by atoms with Crippen LogP contribution in [0, 0.1) is 6.92 Å². The molecule has 0 radical (unpaired) electrons. The lowest BCUT2D eigenvalue weighted by Crippen LogP contribution is -2.67. The number of nitrogens with zero attached hydrogens (tertiary/aromatic N) is 10.